The minimum atomic E-state index is 0.111. The second kappa shape index (κ2) is 5.91. The van der Waals surface area contributed by atoms with E-state index in [1.807, 2.05) is 18.2 Å². The molecular weight excluding hydrogens is 248 g/mol. The van der Waals surface area contributed by atoms with Gasteiger partial charge in [-0.05, 0) is 44.5 Å². The van der Waals surface area contributed by atoms with Crippen LogP contribution >= 0.6 is 11.6 Å². The highest BCUT2D eigenvalue weighted by atomic mass is 35.5. The smallest absolute Gasteiger partial charge is 0.0648 e. The Labute approximate surface area is 114 Å². The Kier molecular flexibility index (Phi) is 4.49. The number of aryl methyl sites for hydroxylation is 1. The van der Waals surface area contributed by atoms with Crippen LogP contribution in [0.3, 0.4) is 0 Å². The van der Waals surface area contributed by atoms with Crippen molar-refractivity contribution in [3.63, 3.8) is 0 Å². The molecule has 1 saturated heterocycles. The lowest BCUT2D eigenvalue weighted by atomic mass is 10.1. The molecule has 2 unspecified atom stereocenters. The average molecular weight is 269 g/mol. The van der Waals surface area contributed by atoms with Crippen molar-refractivity contribution in [3.05, 3.63) is 28.8 Å². The molecule has 18 heavy (non-hydrogen) atoms. The van der Waals surface area contributed by atoms with E-state index in [9.17, 15) is 5.11 Å². The lowest BCUT2D eigenvalue weighted by Crippen LogP contribution is -2.46. The number of aliphatic hydroxyl groups is 1. The molecule has 1 aliphatic rings. The summed E-state index contributed by atoms with van der Waals surface area (Å²) in [5, 5.41) is 13.7. The summed E-state index contributed by atoms with van der Waals surface area (Å²) in [4.78, 5) is 2.31. The number of hydrogen-bond acceptors (Lipinski definition) is 3. The maximum atomic E-state index is 9.61. The molecule has 0 radical (unpaired) electrons. The topological polar surface area (TPSA) is 35.5 Å². The molecule has 3 nitrogen and oxygen atoms in total. The van der Waals surface area contributed by atoms with Gasteiger partial charge in [0.25, 0.3) is 0 Å². The molecule has 2 rings (SSSR count). The van der Waals surface area contributed by atoms with E-state index in [1.165, 1.54) is 5.56 Å². The quantitative estimate of drug-likeness (QED) is 0.863. The molecule has 1 aliphatic heterocycles. The zero-order chi connectivity index (χ0) is 13.1. The number of rotatable bonds is 2. The first-order valence-corrected chi connectivity index (χ1v) is 6.87. The Bertz CT molecular complexity index is 411. The van der Waals surface area contributed by atoms with Crippen LogP contribution in [0.2, 0.25) is 5.02 Å². The fourth-order valence-corrected chi connectivity index (χ4v) is 2.79. The van der Waals surface area contributed by atoms with E-state index in [4.69, 9.17) is 11.6 Å². The van der Waals surface area contributed by atoms with Gasteiger partial charge in [0.2, 0.25) is 0 Å². The van der Waals surface area contributed by atoms with Crippen LogP contribution in [0.4, 0.5) is 5.69 Å². The molecule has 0 amide bonds. The molecule has 100 valence electrons. The van der Waals surface area contributed by atoms with Gasteiger partial charge in [0.1, 0.15) is 0 Å². The third-order valence-electron chi connectivity index (χ3n) is 3.65. The van der Waals surface area contributed by atoms with Gasteiger partial charge in [-0.25, -0.2) is 0 Å². The Hall–Kier alpha value is -0.770. The summed E-state index contributed by atoms with van der Waals surface area (Å²) in [6, 6.07) is 6.46. The predicted molar refractivity (Wildman–Crippen MR) is 76.5 cm³/mol. The summed E-state index contributed by atoms with van der Waals surface area (Å²) in [7, 11) is 0. The summed E-state index contributed by atoms with van der Waals surface area (Å²) in [5.41, 5.74) is 2.34. The first-order chi connectivity index (χ1) is 8.63. The number of hydrogen-bond donors (Lipinski definition) is 2. The van der Waals surface area contributed by atoms with Gasteiger partial charge in [-0.15, -0.1) is 0 Å². The van der Waals surface area contributed by atoms with E-state index in [1.54, 1.807) is 0 Å². The van der Waals surface area contributed by atoms with Gasteiger partial charge in [-0.3, -0.25) is 0 Å². The number of aliphatic hydroxyl groups excluding tert-OH is 1. The van der Waals surface area contributed by atoms with E-state index in [0.717, 1.165) is 30.2 Å². The Morgan fingerprint density at radius 3 is 3.00 bits per heavy atom. The molecule has 4 heteroatoms. The van der Waals surface area contributed by atoms with Crippen molar-refractivity contribution in [2.45, 2.75) is 32.4 Å². The second-order valence-electron chi connectivity index (χ2n) is 5.02. The lowest BCUT2D eigenvalue weighted by Gasteiger charge is -2.36. The summed E-state index contributed by atoms with van der Waals surface area (Å²) in [6.07, 6.45) is 1.07. The third kappa shape index (κ3) is 2.79. The highest BCUT2D eigenvalue weighted by Gasteiger charge is 2.26. The fraction of sp³-hybridized carbons (Fsp3) is 0.571. The Balaban J connectivity index is 2.39. The summed E-state index contributed by atoms with van der Waals surface area (Å²) < 4.78 is 0. The molecule has 0 aliphatic carbocycles. The monoisotopic (exact) mass is 268 g/mol. The van der Waals surface area contributed by atoms with Gasteiger partial charge in [0.05, 0.1) is 12.6 Å². The summed E-state index contributed by atoms with van der Waals surface area (Å²) >= 11 is 6.11. The highest BCUT2D eigenvalue weighted by Crippen LogP contribution is 2.29. The SMILES string of the molecule is Cc1ccc(Cl)cc1N1C(C)CCNCC1CO. The van der Waals surface area contributed by atoms with Crippen molar-refractivity contribution < 1.29 is 5.11 Å². The van der Waals surface area contributed by atoms with E-state index in [2.05, 4.69) is 24.1 Å². The molecule has 1 aromatic carbocycles. The Morgan fingerprint density at radius 2 is 2.28 bits per heavy atom. The Morgan fingerprint density at radius 1 is 1.50 bits per heavy atom. The molecule has 0 bridgehead atoms. The van der Waals surface area contributed by atoms with Crippen LogP contribution in [0.1, 0.15) is 18.9 Å². The van der Waals surface area contributed by atoms with Crippen molar-refractivity contribution >= 4 is 17.3 Å². The maximum absolute atomic E-state index is 9.61. The fourth-order valence-electron chi connectivity index (χ4n) is 2.62. The molecule has 2 N–H and O–H groups in total. The highest BCUT2D eigenvalue weighted by molar-refractivity contribution is 6.30. The van der Waals surface area contributed by atoms with Crippen LogP contribution in [-0.2, 0) is 0 Å². The van der Waals surface area contributed by atoms with Crippen molar-refractivity contribution in [2.75, 3.05) is 24.6 Å². The van der Waals surface area contributed by atoms with Gasteiger partial charge in [-0.2, -0.15) is 0 Å². The molecular formula is C14H21ClN2O. The zero-order valence-electron chi connectivity index (χ0n) is 11.0. The standard InChI is InChI=1S/C14H21ClN2O/c1-10-3-4-12(15)7-14(10)17-11(2)5-6-16-8-13(17)9-18/h3-4,7,11,13,16,18H,5-6,8-9H2,1-2H3. The van der Waals surface area contributed by atoms with Crippen molar-refractivity contribution in [1.29, 1.82) is 0 Å². The minimum absolute atomic E-state index is 0.111. The van der Waals surface area contributed by atoms with E-state index < -0.39 is 0 Å². The van der Waals surface area contributed by atoms with Gasteiger partial charge < -0.3 is 15.3 Å². The summed E-state index contributed by atoms with van der Waals surface area (Å²) in [5.74, 6) is 0. The first kappa shape index (κ1) is 13.7. The third-order valence-corrected chi connectivity index (χ3v) is 3.88. The van der Waals surface area contributed by atoms with Crippen molar-refractivity contribution in [3.8, 4) is 0 Å². The number of benzene rings is 1. The van der Waals surface area contributed by atoms with Crippen molar-refractivity contribution in [2.24, 2.45) is 0 Å². The van der Waals surface area contributed by atoms with Crippen LogP contribution in [-0.4, -0.2) is 36.9 Å². The molecule has 1 heterocycles. The predicted octanol–water partition coefficient (Wildman–Crippen LogP) is 2.20. The number of nitrogens with one attached hydrogen (secondary N) is 1. The normalized spacial score (nSPS) is 25.0. The van der Waals surface area contributed by atoms with Gasteiger partial charge >= 0.3 is 0 Å². The first-order valence-electron chi connectivity index (χ1n) is 6.49. The van der Waals surface area contributed by atoms with Crippen LogP contribution < -0.4 is 10.2 Å². The van der Waals surface area contributed by atoms with Crippen LogP contribution in [0, 0.1) is 6.92 Å². The van der Waals surface area contributed by atoms with Gasteiger partial charge in [-0.1, -0.05) is 17.7 Å². The zero-order valence-corrected chi connectivity index (χ0v) is 11.7. The number of nitrogens with zero attached hydrogens (tertiary/aromatic N) is 1. The molecule has 2 atom stereocenters. The van der Waals surface area contributed by atoms with Gasteiger partial charge in [0, 0.05) is 23.3 Å². The minimum Gasteiger partial charge on any atom is -0.394 e. The number of halogens is 1. The van der Waals surface area contributed by atoms with Crippen LogP contribution in [0.15, 0.2) is 18.2 Å². The second-order valence-corrected chi connectivity index (χ2v) is 5.45. The molecule has 0 aromatic heterocycles. The van der Waals surface area contributed by atoms with Crippen LogP contribution in [0.25, 0.3) is 0 Å². The van der Waals surface area contributed by atoms with Gasteiger partial charge in [0.15, 0.2) is 0 Å². The van der Waals surface area contributed by atoms with E-state index >= 15 is 0 Å². The molecule has 1 fully saturated rings. The lowest BCUT2D eigenvalue weighted by molar-refractivity contribution is 0.255. The average Bonchev–Trinajstić information content (AvgIpc) is 2.54. The molecule has 0 spiro atoms. The number of anilines is 1. The summed E-state index contributed by atoms with van der Waals surface area (Å²) in [6.45, 7) is 6.25. The molecule has 1 aromatic rings. The van der Waals surface area contributed by atoms with E-state index in [0.29, 0.717) is 6.04 Å². The molecule has 0 saturated carbocycles. The maximum Gasteiger partial charge on any atom is 0.0648 e. The largest absolute Gasteiger partial charge is 0.394 e. The van der Waals surface area contributed by atoms with E-state index in [-0.39, 0.29) is 12.6 Å². The van der Waals surface area contributed by atoms with Crippen molar-refractivity contribution in [1.82, 2.24) is 5.32 Å². The van der Waals surface area contributed by atoms with Crippen LogP contribution in [0.5, 0.6) is 0 Å².